The summed E-state index contributed by atoms with van der Waals surface area (Å²) in [5, 5.41) is 0.795. The summed E-state index contributed by atoms with van der Waals surface area (Å²) in [6.07, 6.45) is 0. The van der Waals surface area contributed by atoms with E-state index < -0.39 is 5.56 Å². The second-order valence-electron chi connectivity index (χ2n) is 5.97. The van der Waals surface area contributed by atoms with E-state index in [9.17, 15) is 9.59 Å². The Morgan fingerprint density at radius 2 is 1.48 bits per heavy atom. The first-order chi connectivity index (χ1) is 12.6. The number of carbonyl (C=O) groups excluding carboxylic acids is 1. The number of ether oxygens (including phenoxy) is 4. The van der Waals surface area contributed by atoms with Crippen molar-refractivity contribution in [1.82, 2.24) is 4.98 Å². The molecular weight excluding hydrogens is 427 g/mol. The van der Waals surface area contributed by atoms with E-state index in [0.29, 0.717) is 56.2 Å². The number of hydrogen-bond donors (Lipinski definition) is 0. The van der Waals surface area contributed by atoms with Crippen LogP contribution in [0.1, 0.15) is 15.9 Å². The van der Waals surface area contributed by atoms with Crippen molar-refractivity contribution in [3.63, 3.8) is 0 Å². The Kier molecular flexibility index (Phi) is 4.24. The summed E-state index contributed by atoms with van der Waals surface area (Å²) in [6, 6.07) is 6.52. The van der Waals surface area contributed by atoms with Crippen LogP contribution in [0.5, 0.6) is 23.0 Å². The van der Waals surface area contributed by atoms with Crippen LogP contribution in [0.4, 0.5) is 0 Å². The SMILES string of the molecule is COc1cc2c3c([n-]c(=O)c2cc1OC)-c1cc2c(cc1C3=O)OCO2.[Y]. The van der Waals surface area contributed by atoms with Gasteiger partial charge in [-0.2, -0.15) is 0 Å². The second kappa shape index (κ2) is 6.35. The molecule has 8 heteroatoms. The molecule has 2 aromatic carbocycles. The number of fused-ring (bicyclic) bond motifs is 6. The van der Waals surface area contributed by atoms with Gasteiger partial charge in [0.1, 0.15) is 0 Å². The Bertz CT molecular complexity index is 1180. The molecule has 2 aliphatic rings. The van der Waals surface area contributed by atoms with Gasteiger partial charge in [-0.15, -0.1) is 5.69 Å². The molecule has 0 atom stereocenters. The quantitative estimate of drug-likeness (QED) is 0.473. The number of pyridine rings is 1. The van der Waals surface area contributed by atoms with Crippen LogP contribution in [-0.4, -0.2) is 26.8 Å². The van der Waals surface area contributed by atoms with Crippen molar-refractivity contribution in [2.45, 2.75) is 0 Å². The summed E-state index contributed by atoms with van der Waals surface area (Å²) in [6.45, 7) is 0.105. The molecular formula is C19H12NO6Y-. The third-order valence-electron chi connectivity index (χ3n) is 4.71. The number of hydrogen-bond acceptors (Lipinski definition) is 6. The van der Waals surface area contributed by atoms with Crippen molar-refractivity contribution in [2.75, 3.05) is 21.0 Å². The number of benzene rings is 2. The maximum Gasteiger partial charge on any atom is 0.231 e. The molecule has 0 unspecified atom stereocenters. The molecule has 1 aliphatic heterocycles. The zero-order valence-electron chi connectivity index (χ0n) is 14.5. The molecule has 2 heterocycles. The first-order valence-corrected chi connectivity index (χ1v) is 7.88. The third kappa shape index (κ3) is 2.42. The molecule has 7 nitrogen and oxygen atoms in total. The largest absolute Gasteiger partial charge is 0.622 e. The molecule has 0 spiro atoms. The Morgan fingerprint density at radius 3 is 2.11 bits per heavy atom. The smallest absolute Gasteiger partial charge is 0.231 e. The van der Waals surface area contributed by atoms with Crippen LogP contribution in [0.2, 0.25) is 0 Å². The topological polar surface area (TPSA) is 85.2 Å². The third-order valence-corrected chi connectivity index (χ3v) is 4.71. The van der Waals surface area contributed by atoms with Gasteiger partial charge in [0.2, 0.25) is 6.79 Å². The van der Waals surface area contributed by atoms with Crippen LogP contribution in [0.3, 0.4) is 0 Å². The standard InChI is InChI=1S/C19H13NO6.Y/c1-23-12-3-8-11(6-13(12)24-2)19(22)20-17-9-4-14-15(26-7-25-14)5-10(9)18(21)16(8)17;/h3-6H,7H2,1-2H3,(H,20,21,22);/p-1. The fourth-order valence-electron chi connectivity index (χ4n) is 3.49. The first kappa shape index (κ1) is 18.0. The van der Waals surface area contributed by atoms with Crippen molar-refractivity contribution in [3.8, 4) is 34.3 Å². The molecule has 0 saturated heterocycles. The van der Waals surface area contributed by atoms with Crippen LogP contribution in [0.25, 0.3) is 22.0 Å². The molecule has 0 N–H and O–H groups in total. The molecule has 5 rings (SSSR count). The van der Waals surface area contributed by atoms with Gasteiger partial charge in [-0.3, -0.25) is 4.79 Å². The fraction of sp³-hybridized carbons (Fsp3) is 0.158. The van der Waals surface area contributed by atoms with Gasteiger partial charge >= 0.3 is 0 Å². The number of rotatable bonds is 2. The van der Waals surface area contributed by atoms with Crippen LogP contribution in [0, 0.1) is 0 Å². The predicted octanol–water partition coefficient (Wildman–Crippen LogP) is 2.11. The van der Waals surface area contributed by atoms with Gasteiger partial charge in [0.05, 0.1) is 19.8 Å². The van der Waals surface area contributed by atoms with Gasteiger partial charge in [0, 0.05) is 49.2 Å². The normalized spacial score (nSPS) is 13.2. The molecule has 0 amide bonds. The average molecular weight is 439 g/mol. The minimum atomic E-state index is -0.432. The summed E-state index contributed by atoms with van der Waals surface area (Å²) in [5.74, 6) is 1.67. The summed E-state index contributed by atoms with van der Waals surface area (Å²) >= 11 is 0. The van der Waals surface area contributed by atoms with Gasteiger partial charge in [-0.05, 0) is 35.2 Å². The molecule has 0 saturated carbocycles. The number of nitrogens with zero attached hydrogens (tertiary/aromatic N) is 1. The van der Waals surface area contributed by atoms with Crippen molar-refractivity contribution in [2.24, 2.45) is 0 Å². The Balaban J connectivity index is 0.00000180. The van der Waals surface area contributed by atoms with E-state index in [2.05, 4.69) is 4.98 Å². The van der Waals surface area contributed by atoms with Crippen LogP contribution in [0.15, 0.2) is 29.1 Å². The summed E-state index contributed by atoms with van der Waals surface area (Å²) in [4.78, 5) is 29.8. The van der Waals surface area contributed by atoms with Gasteiger partial charge in [-0.25, -0.2) is 0 Å². The second-order valence-corrected chi connectivity index (χ2v) is 5.97. The Morgan fingerprint density at radius 1 is 0.889 bits per heavy atom. The zero-order chi connectivity index (χ0) is 18.0. The number of methoxy groups -OCH3 is 2. The van der Waals surface area contributed by atoms with E-state index in [0.717, 1.165) is 0 Å². The molecule has 1 aromatic heterocycles. The molecule has 1 aliphatic carbocycles. The average Bonchev–Trinajstić information content (AvgIpc) is 3.22. The van der Waals surface area contributed by atoms with Crippen molar-refractivity contribution in [1.29, 1.82) is 0 Å². The zero-order valence-corrected chi connectivity index (χ0v) is 17.3. The monoisotopic (exact) mass is 439 g/mol. The van der Waals surface area contributed by atoms with Crippen molar-refractivity contribution < 1.29 is 56.5 Å². The van der Waals surface area contributed by atoms with E-state index in [1.807, 2.05) is 0 Å². The Hall–Kier alpha value is -2.38. The molecule has 3 aromatic rings. The first-order valence-electron chi connectivity index (χ1n) is 7.88. The predicted molar refractivity (Wildman–Crippen MR) is 91.6 cm³/mol. The van der Waals surface area contributed by atoms with Crippen molar-refractivity contribution in [3.05, 3.63) is 45.7 Å². The van der Waals surface area contributed by atoms with Gasteiger partial charge in [-0.1, -0.05) is 0 Å². The number of ketones is 1. The maximum absolute atomic E-state index is 13.1. The molecule has 133 valence electrons. The van der Waals surface area contributed by atoms with Crippen LogP contribution < -0.4 is 29.5 Å². The van der Waals surface area contributed by atoms with Crippen molar-refractivity contribution >= 4 is 16.6 Å². The molecule has 27 heavy (non-hydrogen) atoms. The minimum Gasteiger partial charge on any atom is -0.622 e. The van der Waals surface area contributed by atoms with E-state index in [-0.39, 0.29) is 45.3 Å². The minimum absolute atomic E-state index is 0. The van der Waals surface area contributed by atoms with Gasteiger partial charge in [0.25, 0.3) is 0 Å². The van der Waals surface area contributed by atoms with Gasteiger partial charge in [0.15, 0.2) is 28.8 Å². The molecule has 0 fully saturated rings. The number of aromatic nitrogens is 1. The number of carbonyl (C=O) groups is 1. The van der Waals surface area contributed by atoms with E-state index in [1.54, 1.807) is 24.3 Å². The van der Waals surface area contributed by atoms with Crippen LogP contribution in [-0.2, 0) is 32.7 Å². The van der Waals surface area contributed by atoms with E-state index in [4.69, 9.17) is 18.9 Å². The Labute approximate surface area is 178 Å². The van der Waals surface area contributed by atoms with Crippen LogP contribution >= 0.6 is 0 Å². The fourth-order valence-corrected chi connectivity index (χ4v) is 3.49. The summed E-state index contributed by atoms with van der Waals surface area (Å²) in [5.41, 5.74) is 1.31. The maximum atomic E-state index is 13.1. The van der Waals surface area contributed by atoms with Gasteiger partial charge < -0.3 is 28.7 Å². The molecule has 0 bridgehead atoms. The van der Waals surface area contributed by atoms with E-state index in [1.165, 1.54) is 14.2 Å². The molecule has 1 radical (unpaired) electrons. The summed E-state index contributed by atoms with van der Waals surface area (Å²) in [7, 11) is 2.98. The summed E-state index contributed by atoms with van der Waals surface area (Å²) < 4.78 is 21.3. The van der Waals surface area contributed by atoms with E-state index >= 15 is 0 Å².